The quantitative estimate of drug-likeness (QED) is 0.762. The fraction of sp³-hybridized carbons (Fsp3) is 0.607. The number of hydrogen-bond acceptors (Lipinski definition) is 4. The lowest BCUT2D eigenvalue weighted by Crippen LogP contribution is -2.46. The number of likely N-dealkylation sites (tertiary alicyclic amines) is 1. The van der Waals surface area contributed by atoms with Crippen molar-refractivity contribution in [2.45, 2.75) is 45.2 Å². The van der Waals surface area contributed by atoms with E-state index in [-0.39, 0.29) is 11.3 Å². The van der Waals surface area contributed by atoms with E-state index in [0.29, 0.717) is 18.0 Å². The van der Waals surface area contributed by atoms with Crippen LogP contribution in [0.2, 0.25) is 0 Å². The molecule has 3 unspecified atom stereocenters. The molecule has 1 amide bonds. The average molecular weight is 449 g/mol. The van der Waals surface area contributed by atoms with Crippen LogP contribution in [0.15, 0.2) is 48.2 Å². The van der Waals surface area contributed by atoms with Gasteiger partial charge in [0.2, 0.25) is 0 Å². The molecule has 3 aliphatic heterocycles. The molecule has 5 nitrogen and oxygen atoms in total. The zero-order chi connectivity index (χ0) is 23.2. The molecule has 1 aromatic carbocycles. The number of carbonyl (C=O) groups is 1. The molecule has 1 N–H and O–H groups in total. The Morgan fingerprint density at radius 2 is 1.76 bits per heavy atom. The van der Waals surface area contributed by atoms with E-state index in [1.807, 2.05) is 12.1 Å². The van der Waals surface area contributed by atoms with Gasteiger partial charge in [0, 0.05) is 44.0 Å². The van der Waals surface area contributed by atoms with Crippen LogP contribution in [0.4, 0.5) is 0 Å². The number of dihydropyridines is 1. The van der Waals surface area contributed by atoms with Crippen molar-refractivity contribution < 1.29 is 4.79 Å². The Hall–Kier alpha value is -2.11. The van der Waals surface area contributed by atoms with Crippen molar-refractivity contribution in [2.75, 3.05) is 46.3 Å². The highest BCUT2D eigenvalue weighted by Crippen LogP contribution is 2.54. The summed E-state index contributed by atoms with van der Waals surface area (Å²) >= 11 is 0. The number of nitrogens with zero attached hydrogens (tertiary/aromatic N) is 3. The van der Waals surface area contributed by atoms with Gasteiger partial charge in [-0.3, -0.25) is 9.69 Å². The third-order valence-corrected chi connectivity index (χ3v) is 8.18. The first-order valence-corrected chi connectivity index (χ1v) is 12.8. The fourth-order valence-electron chi connectivity index (χ4n) is 5.92. The first-order valence-electron chi connectivity index (χ1n) is 12.8. The van der Waals surface area contributed by atoms with Gasteiger partial charge in [-0.25, -0.2) is 0 Å². The summed E-state index contributed by atoms with van der Waals surface area (Å²) in [5.41, 5.74) is 3.59. The molecule has 0 spiro atoms. The monoisotopic (exact) mass is 448 g/mol. The Balaban J connectivity index is 1.11. The Kier molecular flexibility index (Phi) is 6.13. The summed E-state index contributed by atoms with van der Waals surface area (Å²) in [4.78, 5) is 20.1. The summed E-state index contributed by atoms with van der Waals surface area (Å²) < 4.78 is 0. The number of likely N-dealkylation sites (N-methyl/N-ethyl adjacent to an activating group) is 1. The van der Waals surface area contributed by atoms with E-state index < -0.39 is 0 Å². The van der Waals surface area contributed by atoms with Gasteiger partial charge in [0.1, 0.15) is 0 Å². The van der Waals surface area contributed by atoms with Crippen molar-refractivity contribution in [1.82, 2.24) is 20.0 Å². The first-order chi connectivity index (χ1) is 15.8. The number of nitrogens with one attached hydrogen (secondary N) is 1. The van der Waals surface area contributed by atoms with Gasteiger partial charge in [-0.1, -0.05) is 39.0 Å². The number of carbonyl (C=O) groups excluding carboxylic acids is 1. The molecule has 0 radical (unpaired) electrons. The Morgan fingerprint density at radius 3 is 2.45 bits per heavy atom. The lowest BCUT2D eigenvalue weighted by Gasteiger charge is -2.32. The fourth-order valence-corrected chi connectivity index (χ4v) is 5.92. The first kappa shape index (κ1) is 22.7. The Labute approximate surface area is 199 Å². The number of rotatable bonds is 4. The second kappa shape index (κ2) is 8.92. The molecule has 0 bridgehead atoms. The molecule has 3 atom stereocenters. The van der Waals surface area contributed by atoms with Gasteiger partial charge in [0.05, 0.1) is 6.17 Å². The molecule has 1 aromatic rings. The van der Waals surface area contributed by atoms with Crippen LogP contribution < -0.4 is 5.32 Å². The molecule has 1 aliphatic carbocycles. The van der Waals surface area contributed by atoms with Gasteiger partial charge in [-0.15, -0.1) is 0 Å². The van der Waals surface area contributed by atoms with Crippen LogP contribution in [0, 0.1) is 17.8 Å². The Morgan fingerprint density at radius 1 is 1.03 bits per heavy atom. The average Bonchev–Trinajstić information content (AvgIpc) is 3.31. The van der Waals surface area contributed by atoms with E-state index in [1.54, 1.807) is 0 Å². The number of hydrogen-bond donors (Lipinski definition) is 1. The highest BCUT2D eigenvalue weighted by Gasteiger charge is 2.56. The molecule has 1 saturated carbocycles. The molecule has 5 rings (SSSR count). The summed E-state index contributed by atoms with van der Waals surface area (Å²) in [6, 6.07) is 8.24. The molecule has 3 fully saturated rings. The van der Waals surface area contributed by atoms with Crippen LogP contribution in [0.5, 0.6) is 0 Å². The number of amides is 1. The highest BCUT2D eigenvalue weighted by molar-refractivity contribution is 5.94. The van der Waals surface area contributed by atoms with E-state index in [0.717, 1.165) is 50.6 Å². The van der Waals surface area contributed by atoms with E-state index in [2.05, 4.69) is 78.2 Å². The van der Waals surface area contributed by atoms with Gasteiger partial charge in [0.25, 0.3) is 5.91 Å². The Bertz CT molecular complexity index is 916. The number of benzene rings is 1. The molecule has 3 heterocycles. The minimum absolute atomic E-state index is 0.115. The van der Waals surface area contributed by atoms with Crippen LogP contribution in [0.1, 0.15) is 49.5 Å². The largest absolute Gasteiger partial charge is 0.370 e. The van der Waals surface area contributed by atoms with Gasteiger partial charge < -0.3 is 15.1 Å². The van der Waals surface area contributed by atoms with Crippen molar-refractivity contribution in [2.24, 2.45) is 17.8 Å². The van der Waals surface area contributed by atoms with Crippen molar-refractivity contribution in [3.8, 4) is 0 Å². The maximum Gasteiger partial charge on any atom is 0.253 e. The maximum atomic E-state index is 13.0. The lowest BCUT2D eigenvalue weighted by molar-refractivity contribution is 0.0767. The van der Waals surface area contributed by atoms with Gasteiger partial charge >= 0.3 is 0 Å². The van der Waals surface area contributed by atoms with Crippen LogP contribution in [-0.2, 0) is 5.41 Å². The SMILES string of the molecule is CN1CCCN(C2C=CC=C(CC3C4CN(C(=O)c5ccc(C(C)(C)C)cc5)CC34)N2)CC1. The summed E-state index contributed by atoms with van der Waals surface area (Å²) in [5, 5.41) is 3.80. The van der Waals surface area contributed by atoms with E-state index >= 15 is 0 Å². The van der Waals surface area contributed by atoms with Gasteiger partial charge in [-0.2, -0.15) is 0 Å². The zero-order valence-corrected chi connectivity index (χ0v) is 20.8. The van der Waals surface area contributed by atoms with Crippen molar-refractivity contribution in [1.29, 1.82) is 0 Å². The topological polar surface area (TPSA) is 38.8 Å². The smallest absolute Gasteiger partial charge is 0.253 e. The third-order valence-electron chi connectivity index (χ3n) is 8.18. The molecule has 4 aliphatic rings. The minimum Gasteiger partial charge on any atom is -0.370 e. The number of allylic oxidation sites excluding steroid dienone is 3. The lowest BCUT2D eigenvalue weighted by atomic mass is 9.86. The highest BCUT2D eigenvalue weighted by atomic mass is 16.2. The van der Waals surface area contributed by atoms with Crippen molar-refractivity contribution >= 4 is 5.91 Å². The van der Waals surface area contributed by atoms with E-state index in [9.17, 15) is 4.79 Å². The summed E-state index contributed by atoms with van der Waals surface area (Å²) in [5.74, 6) is 2.26. The number of piperidine rings is 1. The molecular weight excluding hydrogens is 408 g/mol. The zero-order valence-electron chi connectivity index (χ0n) is 20.8. The van der Waals surface area contributed by atoms with Gasteiger partial charge in [-0.05, 0) is 79.5 Å². The van der Waals surface area contributed by atoms with Crippen LogP contribution in [-0.4, -0.2) is 73.1 Å². The maximum absolute atomic E-state index is 13.0. The van der Waals surface area contributed by atoms with E-state index in [4.69, 9.17) is 0 Å². The van der Waals surface area contributed by atoms with Crippen molar-refractivity contribution in [3.05, 3.63) is 59.3 Å². The van der Waals surface area contributed by atoms with Crippen LogP contribution in [0.3, 0.4) is 0 Å². The van der Waals surface area contributed by atoms with E-state index in [1.165, 1.54) is 24.2 Å². The predicted molar refractivity (Wildman–Crippen MR) is 134 cm³/mol. The predicted octanol–water partition coefficient (Wildman–Crippen LogP) is 3.70. The minimum atomic E-state index is 0.115. The standard InChI is InChI=1S/C28H40N4O/c1-28(2,3)21-11-9-20(10-12-21)27(33)32-18-24-23(25(24)19-32)17-22-7-5-8-26(29-22)31-14-6-13-30(4)15-16-31/h5,7-12,23-26,29H,6,13-19H2,1-4H3. The van der Waals surface area contributed by atoms with Gasteiger partial charge in [0.15, 0.2) is 0 Å². The molecule has 2 saturated heterocycles. The second-order valence-corrected chi connectivity index (χ2v) is 11.6. The summed E-state index contributed by atoms with van der Waals surface area (Å²) in [6.07, 6.45) is 9.47. The second-order valence-electron chi connectivity index (χ2n) is 11.6. The summed E-state index contributed by atoms with van der Waals surface area (Å²) in [6.45, 7) is 13.1. The molecule has 178 valence electrons. The normalized spacial score (nSPS) is 30.4. The van der Waals surface area contributed by atoms with Crippen LogP contribution in [0.25, 0.3) is 0 Å². The molecular formula is C28H40N4O. The molecule has 0 aromatic heterocycles. The molecule has 5 heteroatoms. The third kappa shape index (κ3) is 4.90. The van der Waals surface area contributed by atoms with Crippen LogP contribution >= 0.6 is 0 Å². The summed E-state index contributed by atoms with van der Waals surface area (Å²) in [7, 11) is 2.22. The number of fused-ring (bicyclic) bond motifs is 1. The van der Waals surface area contributed by atoms with Crippen molar-refractivity contribution in [3.63, 3.8) is 0 Å². The molecule has 33 heavy (non-hydrogen) atoms.